The molecule has 0 saturated carbocycles. The molecule has 6 heteroatoms. The van der Waals surface area contributed by atoms with Crippen LogP contribution in [0.1, 0.15) is 21.8 Å². The SMILES string of the molecule is Cc1ccc(S(=O)Cc2cc(C(=O)O)no2)cc1. The van der Waals surface area contributed by atoms with E-state index < -0.39 is 16.8 Å². The summed E-state index contributed by atoms with van der Waals surface area (Å²) < 4.78 is 16.8. The van der Waals surface area contributed by atoms with Crippen LogP contribution in [0, 0.1) is 6.92 Å². The van der Waals surface area contributed by atoms with Crippen LogP contribution in [-0.2, 0) is 16.6 Å². The number of carboxylic acid groups (broad SMARTS) is 1. The van der Waals surface area contributed by atoms with E-state index in [1.54, 1.807) is 12.1 Å². The maximum atomic E-state index is 12.0. The van der Waals surface area contributed by atoms with Gasteiger partial charge >= 0.3 is 5.97 Å². The fourth-order valence-corrected chi connectivity index (χ4v) is 2.39. The van der Waals surface area contributed by atoms with Crippen LogP contribution in [0.3, 0.4) is 0 Å². The van der Waals surface area contributed by atoms with Gasteiger partial charge in [-0.1, -0.05) is 22.9 Å². The molecule has 0 saturated heterocycles. The largest absolute Gasteiger partial charge is 0.476 e. The van der Waals surface area contributed by atoms with Crippen LogP contribution in [0.4, 0.5) is 0 Å². The zero-order valence-electron chi connectivity index (χ0n) is 9.62. The molecular formula is C12H11NO4S. The van der Waals surface area contributed by atoms with E-state index in [0.29, 0.717) is 10.7 Å². The molecule has 2 rings (SSSR count). The molecule has 0 radical (unpaired) electrons. The second-order valence-electron chi connectivity index (χ2n) is 3.79. The summed E-state index contributed by atoms with van der Waals surface area (Å²) in [4.78, 5) is 11.3. The number of aromatic carboxylic acids is 1. The van der Waals surface area contributed by atoms with Crippen molar-refractivity contribution in [3.05, 3.63) is 47.3 Å². The summed E-state index contributed by atoms with van der Waals surface area (Å²) in [7, 11) is -1.27. The molecule has 1 N–H and O–H groups in total. The van der Waals surface area contributed by atoms with Gasteiger partial charge in [-0.05, 0) is 19.1 Å². The van der Waals surface area contributed by atoms with E-state index in [4.69, 9.17) is 9.63 Å². The first-order valence-corrected chi connectivity index (χ1v) is 6.52. The molecule has 0 amide bonds. The number of hydrogen-bond donors (Lipinski definition) is 1. The molecule has 0 aliphatic carbocycles. The van der Waals surface area contributed by atoms with Crippen molar-refractivity contribution in [1.29, 1.82) is 0 Å². The molecule has 1 aromatic heterocycles. The average Bonchev–Trinajstić information content (AvgIpc) is 2.78. The molecule has 1 heterocycles. The molecular weight excluding hydrogens is 254 g/mol. The number of carboxylic acids is 1. The Balaban J connectivity index is 2.11. The van der Waals surface area contributed by atoms with Gasteiger partial charge in [-0.2, -0.15) is 0 Å². The summed E-state index contributed by atoms with van der Waals surface area (Å²) >= 11 is 0. The van der Waals surface area contributed by atoms with Gasteiger partial charge in [-0.3, -0.25) is 4.21 Å². The van der Waals surface area contributed by atoms with Crippen LogP contribution >= 0.6 is 0 Å². The Morgan fingerprint density at radius 1 is 1.39 bits per heavy atom. The highest BCUT2D eigenvalue weighted by atomic mass is 32.2. The molecule has 1 aromatic carbocycles. The Labute approximate surface area is 106 Å². The highest BCUT2D eigenvalue weighted by Crippen LogP contribution is 2.14. The molecule has 0 spiro atoms. The van der Waals surface area contributed by atoms with Crippen molar-refractivity contribution in [2.45, 2.75) is 17.6 Å². The van der Waals surface area contributed by atoms with Gasteiger partial charge in [0.25, 0.3) is 0 Å². The second-order valence-corrected chi connectivity index (χ2v) is 5.24. The Morgan fingerprint density at radius 2 is 2.06 bits per heavy atom. The van der Waals surface area contributed by atoms with Gasteiger partial charge in [0.2, 0.25) is 0 Å². The summed E-state index contributed by atoms with van der Waals surface area (Å²) in [6.45, 7) is 1.95. The van der Waals surface area contributed by atoms with Gasteiger partial charge in [0, 0.05) is 11.0 Å². The molecule has 1 atom stereocenters. The molecule has 5 nitrogen and oxygen atoms in total. The number of carbonyl (C=O) groups is 1. The molecule has 18 heavy (non-hydrogen) atoms. The highest BCUT2D eigenvalue weighted by molar-refractivity contribution is 7.84. The quantitative estimate of drug-likeness (QED) is 0.914. The molecule has 0 aliphatic rings. The first-order valence-electron chi connectivity index (χ1n) is 5.20. The number of hydrogen-bond acceptors (Lipinski definition) is 4. The Kier molecular flexibility index (Phi) is 3.57. The number of aromatic nitrogens is 1. The molecule has 94 valence electrons. The minimum atomic E-state index is -1.27. The van der Waals surface area contributed by atoms with Crippen molar-refractivity contribution in [1.82, 2.24) is 5.16 Å². The maximum absolute atomic E-state index is 12.0. The predicted molar refractivity (Wildman–Crippen MR) is 64.8 cm³/mol. The molecule has 1 unspecified atom stereocenters. The lowest BCUT2D eigenvalue weighted by atomic mass is 10.2. The van der Waals surface area contributed by atoms with Gasteiger partial charge in [-0.15, -0.1) is 0 Å². The Morgan fingerprint density at radius 3 is 2.61 bits per heavy atom. The average molecular weight is 265 g/mol. The van der Waals surface area contributed by atoms with Crippen molar-refractivity contribution in [2.24, 2.45) is 0 Å². The monoisotopic (exact) mass is 265 g/mol. The maximum Gasteiger partial charge on any atom is 0.358 e. The predicted octanol–water partition coefficient (Wildman–Crippen LogP) is 1.99. The van der Waals surface area contributed by atoms with Crippen molar-refractivity contribution in [2.75, 3.05) is 0 Å². The fourth-order valence-electron chi connectivity index (χ4n) is 1.38. The first-order chi connectivity index (χ1) is 8.56. The van der Waals surface area contributed by atoms with E-state index in [-0.39, 0.29) is 11.4 Å². The number of aryl methyl sites for hydroxylation is 1. The topological polar surface area (TPSA) is 80.4 Å². The van der Waals surface area contributed by atoms with Gasteiger partial charge in [0.1, 0.15) is 5.76 Å². The van der Waals surface area contributed by atoms with Crippen LogP contribution < -0.4 is 0 Å². The van der Waals surface area contributed by atoms with Crippen molar-refractivity contribution in [3.63, 3.8) is 0 Å². The summed E-state index contributed by atoms with van der Waals surface area (Å²) in [6, 6.07) is 8.58. The summed E-state index contributed by atoms with van der Waals surface area (Å²) in [5.74, 6) is -0.749. The first kappa shape index (κ1) is 12.5. The standard InChI is InChI=1S/C12H11NO4S/c1-8-2-4-10(5-3-8)18(16)7-9-6-11(12(14)15)13-17-9/h2-6H,7H2,1H3,(H,14,15). The lowest BCUT2D eigenvalue weighted by Crippen LogP contribution is -1.96. The van der Waals surface area contributed by atoms with E-state index in [0.717, 1.165) is 5.56 Å². The van der Waals surface area contributed by atoms with E-state index in [2.05, 4.69) is 5.16 Å². The number of benzene rings is 1. The smallest absolute Gasteiger partial charge is 0.358 e. The lowest BCUT2D eigenvalue weighted by Gasteiger charge is -1.99. The Hall–Kier alpha value is -1.95. The minimum absolute atomic E-state index is 0.114. The normalized spacial score (nSPS) is 12.3. The van der Waals surface area contributed by atoms with Crippen molar-refractivity contribution >= 4 is 16.8 Å². The highest BCUT2D eigenvalue weighted by Gasteiger charge is 2.13. The zero-order chi connectivity index (χ0) is 13.1. The third-order valence-electron chi connectivity index (χ3n) is 2.34. The van der Waals surface area contributed by atoms with E-state index in [9.17, 15) is 9.00 Å². The second kappa shape index (κ2) is 5.14. The summed E-state index contributed by atoms with van der Waals surface area (Å²) in [6.07, 6.45) is 0. The minimum Gasteiger partial charge on any atom is -0.476 e. The summed E-state index contributed by atoms with van der Waals surface area (Å²) in [5, 5.41) is 12.0. The van der Waals surface area contributed by atoms with E-state index in [1.807, 2.05) is 19.1 Å². The van der Waals surface area contributed by atoms with Gasteiger partial charge in [0.15, 0.2) is 5.69 Å². The molecule has 0 fully saturated rings. The fraction of sp³-hybridized carbons (Fsp3) is 0.167. The van der Waals surface area contributed by atoms with Crippen LogP contribution in [0.25, 0.3) is 0 Å². The summed E-state index contributed by atoms with van der Waals surface area (Å²) in [5.41, 5.74) is 0.912. The Bertz CT molecular complexity index is 588. The third-order valence-corrected chi connectivity index (χ3v) is 3.68. The van der Waals surface area contributed by atoms with Crippen LogP contribution in [-0.4, -0.2) is 20.4 Å². The van der Waals surface area contributed by atoms with Gasteiger partial charge in [-0.25, -0.2) is 4.79 Å². The van der Waals surface area contributed by atoms with Crippen LogP contribution in [0.5, 0.6) is 0 Å². The van der Waals surface area contributed by atoms with Crippen LogP contribution in [0.2, 0.25) is 0 Å². The zero-order valence-corrected chi connectivity index (χ0v) is 10.4. The molecule has 0 aliphatic heterocycles. The van der Waals surface area contributed by atoms with Crippen molar-refractivity contribution < 1.29 is 18.6 Å². The van der Waals surface area contributed by atoms with Crippen LogP contribution in [0.15, 0.2) is 39.8 Å². The lowest BCUT2D eigenvalue weighted by molar-refractivity contribution is 0.0685. The third kappa shape index (κ3) is 2.84. The van der Waals surface area contributed by atoms with E-state index in [1.165, 1.54) is 6.07 Å². The van der Waals surface area contributed by atoms with Gasteiger partial charge in [0.05, 0.1) is 16.6 Å². The van der Waals surface area contributed by atoms with Crippen molar-refractivity contribution in [3.8, 4) is 0 Å². The number of nitrogens with zero attached hydrogens (tertiary/aromatic N) is 1. The van der Waals surface area contributed by atoms with E-state index >= 15 is 0 Å². The molecule has 2 aromatic rings. The molecule has 0 bridgehead atoms. The number of rotatable bonds is 4. The van der Waals surface area contributed by atoms with Gasteiger partial charge < -0.3 is 9.63 Å².